The van der Waals surface area contributed by atoms with Crippen LogP contribution in [0.3, 0.4) is 0 Å². The van der Waals surface area contributed by atoms with Gasteiger partial charge in [-0.05, 0) is 62.3 Å². The third kappa shape index (κ3) is 3.60. The molecule has 122 valence electrons. The summed E-state index contributed by atoms with van der Waals surface area (Å²) in [6.07, 6.45) is 1.46. The van der Waals surface area contributed by atoms with Crippen LogP contribution in [0.15, 0.2) is 53.3 Å². The second kappa shape index (κ2) is 7.22. The third-order valence-corrected chi connectivity index (χ3v) is 3.90. The SMILES string of the molecule is COc1ccc(COC(=O)c2cccc(-n3cnnn3)c2)cc1Br. The van der Waals surface area contributed by atoms with Crippen molar-refractivity contribution in [2.75, 3.05) is 7.11 Å². The zero-order valence-electron chi connectivity index (χ0n) is 12.7. The van der Waals surface area contributed by atoms with Crippen molar-refractivity contribution in [3.8, 4) is 11.4 Å². The van der Waals surface area contributed by atoms with Crippen molar-refractivity contribution in [1.82, 2.24) is 20.2 Å². The highest BCUT2D eigenvalue weighted by Gasteiger charge is 2.10. The van der Waals surface area contributed by atoms with Gasteiger partial charge in [-0.15, -0.1) is 5.10 Å². The molecule has 0 saturated carbocycles. The van der Waals surface area contributed by atoms with Gasteiger partial charge in [0.1, 0.15) is 18.7 Å². The van der Waals surface area contributed by atoms with Gasteiger partial charge in [-0.25, -0.2) is 9.48 Å². The molecular weight excluding hydrogens is 376 g/mol. The van der Waals surface area contributed by atoms with E-state index in [1.54, 1.807) is 31.4 Å². The molecule has 0 N–H and O–H groups in total. The van der Waals surface area contributed by atoms with Crippen LogP contribution in [0, 0.1) is 0 Å². The Hall–Kier alpha value is -2.74. The van der Waals surface area contributed by atoms with Crippen molar-refractivity contribution in [3.63, 3.8) is 0 Å². The Labute approximate surface area is 146 Å². The molecule has 3 rings (SSSR count). The Kier molecular flexibility index (Phi) is 4.85. The van der Waals surface area contributed by atoms with Gasteiger partial charge in [0.05, 0.1) is 22.8 Å². The predicted molar refractivity (Wildman–Crippen MR) is 89.0 cm³/mol. The maximum atomic E-state index is 12.2. The first-order valence-electron chi connectivity index (χ1n) is 7.00. The smallest absolute Gasteiger partial charge is 0.338 e. The van der Waals surface area contributed by atoms with Gasteiger partial charge in [0, 0.05) is 0 Å². The van der Waals surface area contributed by atoms with Gasteiger partial charge in [0.25, 0.3) is 0 Å². The lowest BCUT2D eigenvalue weighted by Crippen LogP contribution is -2.06. The van der Waals surface area contributed by atoms with Crippen LogP contribution in [0.2, 0.25) is 0 Å². The van der Waals surface area contributed by atoms with Crippen molar-refractivity contribution in [1.29, 1.82) is 0 Å². The van der Waals surface area contributed by atoms with Crippen molar-refractivity contribution in [2.45, 2.75) is 6.61 Å². The van der Waals surface area contributed by atoms with Gasteiger partial charge in [-0.3, -0.25) is 0 Å². The molecule has 0 aliphatic carbocycles. The Bertz CT molecular complexity index is 852. The van der Waals surface area contributed by atoms with E-state index < -0.39 is 5.97 Å². The van der Waals surface area contributed by atoms with Crippen LogP contribution in [0.1, 0.15) is 15.9 Å². The topological polar surface area (TPSA) is 79.1 Å². The fourth-order valence-corrected chi connectivity index (χ4v) is 2.67. The summed E-state index contributed by atoms with van der Waals surface area (Å²) in [7, 11) is 1.59. The highest BCUT2D eigenvalue weighted by Crippen LogP contribution is 2.25. The maximum Gasteiger partial charge on any atom is 0.338 e. The van der Waals surface area contributed by atoms with Crippen molar-refractivity contribution in [3.05, 3.63) is 64.4 Å². The molecule has 3 aromatic rings. The number of carbonyl (C=O) groups excluding carboxylic acids is 1. The summed E-state index contributed by atoms with van der Waals surface area (Å²) in [6, 6.07) is 12.4. The molecule has 0 radical (unpaired) electrons. The van der Waals surface area contributed by atoms with E-state index in [1.165, 1.54) is 11.0 Å². The van der Waals surface area contributed by atoms with Crippen LogP contribution >= 0.6 is 15.9 Å². The molecule has 7 nitrogen and oxygen atoms in total. The van der Waals surface area contributed by atoms with Gasteiger partial charge in [0.2, 0.25) is 0 Å². The van der Waals surface area contributed by atoms with Crippen LogP contribution in [0.25, 0.3) is 5.69 Å². The maximum absolute atomic E-state index is 12.2. The van der Waals surface area contributed by atoms with Gasteiger partial charge < -0.3 is 9.47 Å². The summed E-state index contributed by atoms with van der Waals surface area (Å²) >= 11 is 3.40. The average Bonchev–Trinajstić information content (AvgIpc) is 3.14. The molecule has 1 aromatic heterocycles. The predicted octanol–water partition coefficient (Wildman–Crippen LogP) is 2.79. The van der Waals surface area contributed by atoms with Crippen LogP contribution in [-0.4, -0.2) is 33.3 Å². The summed E-state index contributed by atoms with van der Waals surface area (Å²) in [5, 5.41) is 10.9. The number of hydrogen-bond donors (Lipinski definition) is 0. The Morgan fingerprint density at radius 2 is 2.12 bits per heavy atom. The summed E-state index contributed by atoms with van der Waals surface area (Å²) in [6.45, 7) is 0.163. The lowest BCUT2D eigenvalue weighted by molar-refractivity contribution is 0.0472. The van der Waals surface area contributed by atoms with E-state index in [0.29, 0.717) is 11.3 Å². The fourth-order valence-electron chi connectivity index (χ4n) is 2.09. The monoisotopic (exact) mass is 388 g/mol. The zero-order chi connectivity index (χ0) is 16.9. The van der Waals surface area contributed by atoms with Crippen molar-refractivity contribution in [2.24, 2.45) is 0 Å². The van der Waals surface area contributed by atoms with Crippen molar-refractivity contribution < 1.29 is 14.3 Å². The molecule has 0 atom stereocenters. The van der Waals surface area contributed by atoms with Crippen molar-refractivity contribution >= 4 is 21.9 Å². The van der Waals surface area contributed by atoms with E-state index in [9.17, 15) is 4.79 Å². The van der Waals surface area contributed by atoms with E-state index in [1.807, 2.05) is 18.2 Å². The number of esters is 1. The standard InChI is InChI=1S/C16H13BrN4O3/c1-23-15-6-5-11(7-14(15)17)9-24-16(22)12-3-2-4-13(8-12)21-10-18-19-20-21/h2-8,10H,9H2,1H3. The van der Waals surface area contributed by atoms with Crippen LogP contribution in [0.5, 0.6) is 5.75 Å². The summed E-state index contributed by atoms with van der Waals surface area (Å²) in [5.74, 6) is 0.302. The van der Waals surface area contributed by atoms with Gasteiger partial charge in [-0.1, -0.05) is 12.1 Å². The quantitative estimate of drug-likeness (QED) is 0.625. The Morgan fingerprint density at radius 3 is 2.83 bits per heavy atom. The van der Waals surface area contributed by atoms with E-state index in [4.69, 9.17) is 9.47 Å². The Balaban J connectivity index is 1.69. The van der Waals surface area contributed by atoms with Gasteiger partial charge in [0.15, 0.2) is 0 Å². The van der Waals surface area contributed by atoms with E-state index >= 15 is 0 Å². The van der Waals surface area contributed by atoms with E-state index in [0.717, 1.165) is 15.8 Å². The zero-order valence-corrected chi connectivity index (χ0v) is 14.3. The molecule has 0 bridgehead atoms. The molecule has 0 aliphatic rings. The van der Waals surface area contributed by atoms with Crippen LogP contribution < -0.4 is 4.74 Å². The largest absolute Gasteiger partial charge is 0.496 e. The summed E-state index contributed by atoms with van der Waals surface area (Å²) < 4.78 is 12.8. The first kappa shape index (κ1) is 16.1. The fraction of sp³-hybridized carbons (Fsp3) is 0.125. The number of carbonyl (C=O) groups is 1. The number of rotatable bonds is 5. The number of ether oxygens (including phenoxy) is 2. The molecule has 2 aromatic carbocycles. The molecule has 1 heterocycles. The highest BCUT2D eigenvalue weighted by molar-refractivity contribution is 9.10. The summed E-state index contributed by atoms with van der Waals surface area (Å²) in [4.78, 5) is 12.2. The molecule has 0 unspecified atom stereocenters. The van der Waals surface area contributed by atoms with E-state index in [-0.39, 0.29) is 6.61 Å². The molecule has 24 heavy (non-hydrogen) atoms. The van der Waals surface area contributed by atoms with E-state index in [2.05, 4.69) is 31.5 Å². The highest BCUT2D eigenvalue weighted by atomic mass is 79.9. The number of nitrogens with zero attached hydrogens (tertiary/aromatic N) is 4. The Morgan fingerprint density at radius 1 is 1.25 bits per heavy atom. The molecule has 0 saturated heterocycles. The number of halogens is 1. The minimum atomic E-state index is -0.420. The third-order valence-electron chi connectivity index (χ3n) is 3.28. The first-order chi connectivity index (χ1) is 11.7. The molecular formula is C16H13BrN4O3. The molecule has 0 spiro atoms. The number of benzene rings is 2. The molecule has 0 fully saturated rings. The van der Waals surface area contributed by atoms with Crippen LogP contribution in [0.4, 0.5) is 0 Å². The van der Waals surface area contributed by atoms with Gasteiger partial charge >= 0.3 is 5.97 Å². The number of aromatic nitrogens is 4. The summed E-state index contributed by atoms with van der Waals surface area (Å²) in [5.41, 5.74) is 1.96. The minimum Gasteiger partial charge on any atom is -0.496 e. The minimum absolute atomic E-state index is 0.163. The second-order valence-electron chi connectivity index (χ2n) is 4.85. The lowest BCUT2D eigenvalue weighted by Gasteiger charge is -2.08. The number of hydrogen-bond acceptors (Lipinski definition) is 6. The van der Waals surface area contributed by atoms with Gasteiger partial charge in [-0.2, -0.15) is 0 Å². The molecule has 0 amide bonds. The number of methoxy groups -OCH3 is 1. The van der Waals surface area contributed by atoms with Crippen LogP contribution in [-0.2, 0) is 11.3 Å². The normalized spacial score (nSPS) is 10.4. The lowest BCUT2D eigenvalue weighted by atomic mass is 10.2. The number of tetrazole rings is 1. The average molecular weight is 389 g/mol. The first-order valence-corrected chi connectivity index (χ1v) is 7.79. The molecule has 8 heteroatoms. The second-order valence-corrected chi connectivity index (χ2v) is 5.70. The molecule has 0 aliphatic heterocycles.